The number of methoxy groups -OCH3 is 1. The highest BCUT2D eigenvalue weighted by molar-refractivity contribution is 7.07. The third-order valence-corrected chi connectivity index (χ3v) is 9.08. The van der Waals surface area contributed by atoms with Crippen LogP contribution in [0.2, 0.25) is 0 Å². The van der Waals surface area contributed by atoms with Gasteiger partial charge in [0.2, 0.25) is 5.91 Å². The normalized spacial score (nSPS) is 16.9. The van der Waals surface area contributed by atoms with E-state index in [-0.39, 0.29) is 24.6 Å². The van der Waals surface area contributed by atoms with E-state index in [4.69, 9.17) is 19.2 Å². The number of amides is 1. The molecule has 2 aromatic heterocycles. The van der Waals surface area contributed by atoms with Gasteiger partial charge >= 0.3 is 5.97 Å². The second kappa shape index (κ2) is 13.3. The van der Waals surface area contributed by atoms with Crippen LogP contribution in [0.1, 0.15) is 43.9 Å². The molecule has 1 amide bonds. The molecular weight excluding hydrogens is 592 g/mol. The summed E-state index contributed by atoms with van der Waals surface area (Å²) < 4.78 is 20.6. The van der Waals surface area contributed by atoms with E-state index in [1.807, 2.05) is 77.2 Å². The van der Waals surface area contributed by atoms with Crippen LogP contribution in [0.15, 0.2) is 75.8 Å². The van der Waals surface area contributed by atoms with Crippen LogP contribution in [0, 0.1) is 0 Å². The topological polar surface area (TPSA) is 104 Å². The van der Waals surface area contributed by atoms with Crippen molar-refractivity contribution >= 4 is 40.2 Å². The number of hydrogen-bond acceptors (Lipinski definition) is 8. The number of hydrogen-bond donors (Lipinski definition) is 0. The highest BCUT2D eigenvalue weighted by Crippen LogP contribution is 2.37. The predicted octanol–water partition coefficient (Wildman–Crippen LogP) is 3.40. The van der Waals surface area contributed by atoms with Crippen LogP contribution in [-0.4, -0.2) is 65.9 Å². The van der Waals surface area contributed by atoms with Gasteiger partial charge in [0.15, 0.2) is 4.80 Å². The molecule has 10 nitrogen and oxygen atoms in total. The van der Waals surface area contributed by atoms with E-state index in [0.717, 1.165) is 22.9 Å². The first kappa shape index (κ1) is 30.5. The van der Waals surface area contributed by atoms with Crippen molar-refractivity contribution in [1.82, 2.24) is 14.0 Å². The minimum absolute atomic E-state index is 0.0248. The van der Waals surface area contributed by atoms with Crippen LogP contribution in [0.5, 0.6) is 5.75 Å². The fourth-order valence-corrected chi connectivity index (χ4v) is 7.04. The number of benzene rings is 2. The number of para-hydroxylation sites is 2. The fraction of sp³-hybridized carbons (Fsp3) is 0.353. The molecule has 0 saturated carbocycles. The minimum Gasteiger partial charge on any atom is -0.496 e. The number of nitrogens with zero attached hydrogens (tertiary/aromatic N) is 4. The second-order valence-corrected chi connectivity index (χ2v) is 11.9. The Kier molecular flexibility index (Phi) is 8.99. The summed E-state index contributed by atoms with van der Waals surface area (Å²) in [4.78, 5) is 48.1. The zero-order valence-electron chi connectivity index (χ0n) is 25.7. The molecule has 1 atom stereocenters. The fourth-order valence-electron chi connectivity index (χ4n) is 6.03. The molecule has 2 aliphatic heterocycles. The monoisotopic (exact) mass is 628 g/mol. The van der Waals surface area contributed by atoms with Crippen molar-refractivity contribution in [3.63, 3.8) is 0 Å². The summed E-state index contributed by atoms with van der Waals surface area (Å²) in [6, 6.07) is 14.5. The predicted molar refractivity (Wildman–Crippen MR) is 172 cm³/mol. The van der Waals surface area contributed by atoms with E-state index in [1.54, 1.807) is 18.6 Å². The van der Waals surface area contributed by atoms with E-state index in [0.29, 0.717) is 64.6 Å². The first-order valence-electron chi connectivity index (χ1n) is 15.2. The molecule has 1 saturated heterocycles. The molecule has 6 rings (SSSR count). The Balaban J connectivity index is 1.51. The Morgan fingerprint density at radius 3 is 2.60 bits per heavy atom. The number of aromatic nitrogens is 2. The smallest absolute Gasteiger partial charge is 0.338 e. The first-order valence-corrected chi connectivity index (χ1v) is 16.0. The van der Waals surface area contributed by atoms with Crippen LogP contribution >= 0.6 is 11.3 Å². The molecule has 0 bridgehead atoms. The van der Waals surface area contributed by atoms with E-state index < -0.39 is 12.0 Å². The van der Waals surface area contributed by atoms with Gasteiger partial charge < -0.3 is 23.7 Å². The van der Waals surface area contributed by atoms with E-state index >= 15 is 0 Å². The molecule has 4 heterocycles. The number of ether oxygens (including phenoxy) is 3. The Morgan fingerprint density at radius 2 is 1.84 bits per heavy atom. The average Bonchev–Trinajstić information content (AvgIpc) is 3.57. The molecule has 0 unspecified atom stereocenters. The van der Waals surface area contributed by atoms with Crippen molar-refractivity contribution in [2.24, 2.45) is 4.99 Å². The number of morpholine rings is 1. The lowest BCUT2D eigenvalue weighted by Crippen LogP contribution is -2.42. The van der Waals surface area contributed by atoms with Crippen LogP contribution in [0.25, 0.3) is 17.0 Å². The summed E-state index contributed by atoms with van der Waals surface area (Å²) >= 11 is 1.28. The number of carbonyl (C=O) groups is 2. The van der Waals surface area contributed by atoms with Crippen molar-refractivity contribution in [3.8, 4) is 5.75 Å². The third kappa shape index (κ3) is 5.85. The van der Waals surface area contributed by atoms with Crippen molar-refractivity contribution in [3.05, 3.63) is 96.8 Å². The van der Waals surface area contributed by atoms with E-state index in [1.165, 1.54) is 11.3 Å². The second-order valence-electron chi connectivity index (χ2n) is 10.9. The maximum Gasteiger partial charge on any atom is 0.338 e. The number of thiazole rings is 1. The van der Waals surface area contributed by atoms with Crippen LogP contribution in [0.4, 0.5) is 0 Å². The molecule has 0 aliphatic carbocycles. The molecule has 0 radical (unpaired) electrons. The first-order chi connectivity index (χ1) is 21.9. The number of allylic oxidation sites excluding steroid dienone is 1. The maximum absolute atomic E-state index is 14.3. The average molecular weight is 629 g/mol. The summed E-state index contributed by atoms with van der Waals surface area (Å²) in [6.07, 6.45) is 5.09. The Labute approximate surface area is 264 Å². The quantitative estimate of drug-likeness (QED) is 0.263. The molecule has 11 heteroatoms. The lowest BCUT2D eigenvalue weighted by molar-refractivity contribution is -0.139. The summed E-state index contributed by atoms with van der Waals surface area (Å²) in [5.41, 5.74) is 3.08. The Morgan fingerprint density at radius 1 is 1.09 bits per heavy atom. The lowest BCUT2D eigenvalue weighted by atomic mass is 9.93. The van der Waals surface area contributed by atoms with Gasteiger partial charge in [-0.3, -0.25) is 14.2 Å². The summed E-state index contributed by atoms with van der Waals surface area (Å²) in [5, 5.41) is 0.929. The van der Waals surface area contributed by atoms with Gasteiger partial charge in [-0.15, -0.1) is 0 Å². The SMILES string of the molecule is CCCC1=C(C(=O)OCC)[C@@H](c2ccccc2OC)n2c(s/c(=C/c3cn(CC(=O)N4CCOCC4)c4ccccc34)c2=O)=N1. The van der Waals surface area contributed by atoms with Gasteiger partial charge in [-0.1, -0.05) is 61.1 Å². The van der Waals surface area contributed by atoms with Gasteiger partial charge in [-0.25, -0.2) is 9.79 Å². The van der Waals surface area contributed by atoms with Crippen LogP contribution < -0.4 is 19.6 Å². The van der Waals surface area contributed by atoms with Crippen LogP contribution in [0.3, 0.4) is 0 Å². The number of esters is 1. The standard InChI is InChI=1S/C34H36N4O6S/c1-4-10-25-30(33(41)44-5-2)31(24-12-7-9-14-27(24)42-3)38-32(40)28(45-34(38)35-25)19-22-20-37(26-13-8-6-11-23(22)26)21-29(39)36-15-17-43-18-16-36/h6-9,11-14,19-20,31H,4-5,10,15-18,21H2,1-3H3/b28-19+/t31-/m1/s1. The molecule has 45 heavy (non-hydrogen) atoms. The Bertz CT molecular complexity index is 1960. The van der Waals surface area contributed by atoms with Crippen molar-refractivity contribution in [2.75, 3.05) is 40.0 Å². The molecule has 2 aliphatic rings. The molecule has 2 aromatic carbocycles. The molecule has 4 aromatic rings. The molecule has 0 spiro atoms. The number of rotatable bonds is 9. The van der Waals surface area contributed by atoms with Gasteiger partial charge in [0.05, 0.1) is 42.7 Å². The summed E-state index contributed by atoms with van der Waals surface area (Å²) in [6.45, 7) is 6.40. The van der Waals surface area contributed by atoms with E-state index in [2.05, 4.69) is 0 Å². The lowest BCUT2D eigenvalue weighted by Gasteiger charge is -2.27. The molecule has 1 fully saturated rings. The van der Waals surface area contributed by atoms with Gasteiger partial charge in [-0.05, 0) is 31.6 Å². The highest BCUT2D eigenvalue weighted by atomic mass is 32.1. The van der Waals surface area contributed by atoms with Crippen LogP contribution in [-0.2, 0) is 25.6 Å². The third-order valence-electron chi connectivity index (χ3n) is 8.10. The minimum atomic E-state index is -0.771. The van der Waals surface area contributed by atoms with Gasteiger partial charge in [0.25, 0.3) is 5.56 Å². The summed E-state index contributed by atoms with van der Waals surface area (Å²) in [5.74, 6) is 0.0873. The van der Waals surface area contributed by atoms with E-state index in [9.17, 15) is 14.4 Å². The van der Waals surface area contributed by atoms with Crippen molar-refractivity contribution in [1.29, 1.82) is 0 Å². The molecule has 234 valence electrons. The van der Waals surface area contributed by atoms with Gasteiger partial charge in [0.1, 0.15) is 18.3 Å². The number of fused-ring (bicyclic) bond motifs is 2. The maximum atomic E-state index is 14.3. The largest absolute Gasteiger partial charge is 0.496 e. The van der Waals surface area contributed by atoms with Gasteiger partial charge in [-0.2, -0.15) is 0 Å². The zero-order valence-corrected chi connectivity index (χ0v) is 26.5. The van der Waals surface area contributed by atoms with Gasteiger partial charge in [0, 0.05) is 41.3 Å². The highest BCUT2D eigenvalue weighted by Gasteiger charge is 2.36. The van der Waals surface area contributed by atoms with Crippen molar-refractivity contribution in [2.45, 2.75) is 39.3 Å². The Hall–Kier alpha value is -4.48. The zero-order chi connectivity index (χ0) is 31.5. The molecular formula is C34H36N4O6S. The summed E-state index contributed by atoms with van der Waals surface area (Å²) in [7, 11) is 1.57. The number of carbonyl (C=O) groups excluding carboxylic acids is 2. The molecule has 0 N–H and O–H groups in total. The van der Waals surface area contributed by atoms with Crippen molar-refractivity contribution < 1.29 is 23.8 Å².